The predicted molar refractivity (Wildman–Crippen MR) is 68.9 cm³/mol. The van der Waals surface area contributed by atoms with E-state index in [4.69, 9.17) is 5.26 Å². The van der Waals surface area contributed by atoms with Crippen molar-refractivity contribution >= 4 is 27.4 Å². The molecular formula is C12H9BrN4. The molecule has 0 saturated carbocycles. The number of nitrogens with one attached hydrogen (secondary N) is 1. The summed E-state index contributed by atoms with van der Waals surface area (Å²) in [4.78, 5) is 0. The molecule has 2 rings (SSSR count). The highest BCUT2D eigenvalue weighted by molar-refractivity contribution is 9.10. The van der Waals surface area contributed by atoms with E-state index >= 15 is 0 Å². The fourth-order valence-corrected chi connectivity index (χ4v) is 1.73. The zero-order chi connectivity index (χ0) is 12.3. The summed E-state index contributed by atoms with van der Waals surface area (Å²) in [6.07, 6.45) is 1.50. The molecule has 1 N–H and O–H groups in total. The van der Waals surface area contributed by atoms with E-state index in [1.165, 1.54) is 6.20 Å². The maximum absolute atomic E-state index is 8.95. The Kier molecular flexibility index (Phi) is 3.35. The first kappa shape index (κ1) is 11.6. The SMILES string of the molecule is Cc1ccc(Br)cc1Nc1nnccc1C#N. The van der Waals surface area contributed by atoms with E-state index in [9.17, 15) is 0 Å². The van der Waals surface area contributed by atoms with Gasteiger partial charge >= 0.3 is 0 Å². The molecule has 0 unspecified atom stereocenters. The average Bonchev–Trinajstić information content (AvgIpc) is 2.34. The molecule has 84 valence electrons. The van der Waals surface area contributed by atoms with E-state index in [1.807, 2.05) is 25.1 Å². The largest absolute Gasteiger partial charge is 0.337 e. The first-order valence-corrected chi connectivity index (χ1v) is 5.75. The highest BCUT2D eigenvalue weighted by Gasteiger charge is 2.05. The number of hydrogen-bond donors (Lipinski definition) is 1. The number of rotatable bonds is 2. The molecule has 0 aliphatic rings. The number of hydrogen-bond acceptors (Lipinski definition) is 4. The quantitative estimate of drug-likeness (QED) is 0.922. The van der Waals surface area contributed by atoms with Crippen LogP contribution >= 0.6 is 15.9 Å². The van der Waals surface area contributed by atoms with Crippen molar-refractivity contribution in [2.75, 3.05) is 5.32 Å². The Bertz CT molecular complexity index is 589. The Balaban J connectivity index is 2.38. The van der Waals surface area contributed by atoms with Crippen LogP contribution in [0.5, 0.6) is 0 Å². The molecule has 0 radical (unpaired) electrons. The number of benzene rings is 1. The highest BCUT2D eigenvalue weighted by atomic mass is 79.9. The Morgan fingerprint density at radius 2 is 2.18 bits per heavy atom. The third-order valence-electron chi connectivity index (χ3n) is 2.29. The minimum absolute atomic E-state index is 0.469. The molecule has 0 aliphatic heterocycles. The van der Waals surface area contributed by atoms with Gasteiger partial charge in [-0.1, -0.05) is 22.0 Å². The first-order chi connectivity index (χ1) is 8.20. The van der Waals surface area contributed by atoms with Crippen LogP contribution in [0.15, 0.2) is 34.9 Å². The van der Waals surface area contributed by atoms with Gasteiger partial charge in [0.25, 0.3) is 0 Å². The van der Waals surface area contributed by atoms with Crippen molar-refractivity contribution in [1.82, 2.24) is 10.2 Å². The zero-order valence-electron chi connectivity index (χ0n) is 9.11. The molecule has 1 aromatic carbocycles. The number of halogens is 1. The van der Waals surface area contributed by atoms with Crippen molar-refractivity contribution in [3.63, 3.8) is 0 Å². The number of nitriles is 1. The van der Waals surface area contributed by atoms with E-state index in [0.717, 1.165) is 15.7 Å². The molecule has 0 atom stereocenters. The Morgan fingerprint density at radius 1 is 1.35 bits per heavy atom. The van der Waals surface area contributed by atoms with Gasteiger partial charge in [-0.15, -0.1) is 5.10 Å². The fourth-order valence-electron chi connectivity index (χ4n) is 1.37. The van der Waals surface area contributed by atoms with Gasteiger partial charge in [-0.2, -0.15) is 10.4 Å². The lowest BCUT2D eigenvalue weighted by Gasteiger charge is -2.09. The molecule has 1 aromatic heterocycles. The van der Waals surface area contributed by atoms with Gasteiger partial charge in [0, 0.05) is 10.2 Å². The van der Waals surface area contributed by atoms with Crippen LogP contribution in [0.1, 0.15) is 11.1 Å². The topological polar surface area (TPSA) is 61.6 Å². The molecule has 0 fully saturated rings. The molecular weight excluding hydrogens is 280 g/mol. The van der Waals surface area contributed by atoms with Crippen molar-refractivity contribution in [3.8, 4) is 6.07 Å². The molecule has 0 spiro atoms. The van der Waals surface area contributed by atoms with Crippen LogP contribution in [0.3, 0.4) is 0 Å². The van der Waals surface area contributed by atoms with E-state index < -0.39 is 0 Å². The van der Waals surface area contributed by atoms with Gasteiger partial charge in [0.1, 0.15) is 6.07 Å². The lowest BCUT2D eigenvalue weighted by atomic mass is 10.2. The Labute approximate surface area is 107 Å². The minimum atomic E-state index is 0.469. The van der Waals surface area contributed by atoms with Crippen LogP contribution < -0.4 is 5.32 Å². The molecule has 0 amide bonds. The summed E-state index contributed by atoms with van der Waals surface area (Å²) in [7, 11) is 0. The van der Waals surface area contributed by atoms with Crippen LogP contribution in [0.25, 0.3) is 0 Å². The molecule has 2 aromatic rings. The van der Waals surface area contributed by atoms with Crippen molar-refractivity contribution in [2.45, 2.75) is 6.92 Å². The summed E-state index contributed by atoms with van der Waals surface area (Å²) in [6.45, 7) is 1.98. The molecule has 1 heterocycles. The lowest BCUT2D eigenvalue weighted by Crippen LogP contribution is -1.99. The van der Waals surface area contributed by atoms with Gasteiger partial charge in [0.15, 0.2) is 5.82 Å². The van der Waals surface area contributed by atoms with Crippen molar-refractivity contribution in [2.24, 2.45) is 0 Å². The van der Waals surface area contributed by atoms with Gasteiger partial charge in [0.2, 0.25) is 0 Å². The summed E-state index contributed by atoms with van der Waals surface area (Å²) >= 11 is 3.40. The predicted octanol–water partition coefficient (Wildman–Crippen LogP) is 3.16. The molecule has 0 aliphatic carbocycles. The molecule has 0 bridgehead atoms. The summed E-state index contributed by atoms with van der Waals surface area (Å²) in [5.41, 5.74) is 2.44. The second-order valence-corrected chi connectivity index (χ2v) is 4.41. The summed E-state index contributed by atoms with van der Waals surface area (Å²) in [5, 5.41) is 19.7. The smallest absolute Gasteiger partial charge is 0.171 e. The summed E-state index contributed by atoms with van der Waals surface area (Å²) in [5.74, 6) is 0.469. The second kappa shape index (κ2) is 4.93. The minimum Gasteiger partial charge on any atom is -0.337 e. The van der Waals surface area contributed by atoms with Crippen molar-refractivity contribution in [1.29, 1.82) is 5.26 Å². The van der Waals surface area contributed by atoms with Crippen molar-refractivity contribution < 1.29 is 0 Å². The van der Waals surface area contributed by atoms with Crippen LogP contribution in [-0.4, -0.2) is 10.2 Å². The van der Waals surface area contributed by atoms with Gasteiger partial charge in [-0.3, -0.25) is 0 Å². The third kappa shape index (κ3) is 2.60. The van der Waals surface area contributed by atoms with Crippen LogP contribution in [0.4, 0.5) is 11.5 Å². The van der Waals surface area contributed by atoms with Gasteiger partial charge in [-0.25, -0.2) is 0 Å². The molecule has 17 heavy (non-hydrogen) atoms. The van der Waals surface area contributed by atoms with E-state index in [-0.39, 0.29) is 0 Å². The van der Waals surface area contributed by atoms with Gasteiger partial charge in [0.05, 0.1) is 11.8 Å². The van der Waals surface area contributed by atoms with Crippen LogP contribution in [-0.2, 0) is 0 Å². The molecule has 5 heteroatoms. The van der Waals surface area contributed by atoms with E-state index in [2.05, 4.69) is 37.5 Å². The number of aromatic nitrogens is 2. The van der Waals surface area contributed by atoms with Gasteiger partial charge in [-0.05, 0) is 30.7 Å². The number of anilines is 2. The zero-order valence-corrected chi connectivity index (χ0v) is 10.7. The normalized spacial score (nSPS) is 9.71. The summed E-state index contributed by atoms with van der Waals surface area (Å²) in [6, 6.07) is 9.58. The van der Waals surface area contributed by atoms with E-state index in [1.54, 1.807) is 6.07 Å². The fraction of sp³-hybridized carbons (Fsp3) is 0.0833. The monoisotopic (exact) mass is 288 g/mol. The standard InChI is InChI=1S/C12H9BrN4/c1-8-2-3-10(13)6-11(8)16-12-9(7-14)4-5-15-17-12/h2-6H,1H3,(H,16,17). The third-order valence-corrected chi connectivity index (χ3v) is 2.79. The number of nitrogens with zero attached hydrogens (tertiary/aromatic N) is 3. The number of aryl methyl sites for hydroxylation is 1. The van der Waals surface area contributed by atoms with Crippen LogP contribution in [0.2, 0.25) is 0 Å². The van der Waals surface area contributed by atoms with Gasteiger partial charge < -0.3 is 5.32 Å². The first-order valence-electron chi connectivity index (χ1n) is 4.95. The Hall–Kier alpha value is -1.93. The maximum atomic E-state index is 8.95. The summed E-state index contributed by atoms with van der Waals surface area (Å²) < 4.78 is 0.966. The van der Waals surface area contributed by atoms with E-state index in [0.29, 0.717) is 11.4 Å². The average molecular weight is 289 g/mol. The second-order valence-electron chi connectivity index (χ2n) is 3.49. The Morgan fingerprint density at radius 3 is 2.94 bits per heavy atom. The lowest BCUT2D eigenvalue weighted by molar-refractivity contribution is 1.03. The molecule has 4 nitrogen and oxygen atoms in total. The highest BCUT2D eigenvalue weighted by Crippen LogP contribution is 2.24. The maximum Gasteiger partial charge on any atom is 0.171 e. The molecule has 0 saturated heterocycles. The van der Waals surface area contributed by atoms with Crippen LogP contribution in [0, 0.1) is 18.3 Å². The van der Waals surface area contributed by atoms with Crippen molar-refractivity contribution in [3.05, 3.63) is 46.1 Å².